The smallest absolute Gasteiger partial charge is 0.274 e. The number of carbonyl (C=O) groups excluding carboxylic acids is 1. The normalized spacial score (nSPS) is 9.88. The molecule has 86 valence electrons. The Morgan fingerprint density at radius 1 is 1.18 bits per heavy atom. The summed E-state index contributed by atoms with van der Waals surface area (Å²) < 4.78 is 0. The van der Waals surface area contributed by atoms with Gasteiger partial charge >= 0.3 is 0 Å². The summed E-state index contributed by atoms with van der Waals surface area (Å²) >= 11 is 0. The Hall–Kier alpha value is -2.56. The zero-order chi connectivity index (χ0) is 12.3. The number of aromatic hydroxyl groups is 1. The van der Waals surface area contributed by atoms with Crippen LogP contribution in [0.25, 0.3) is 0 Å². The van der Waals surface area contributed by atoms with Gasteiger partial charge in [0.1, 0.15) is 11.4 Å². The number of benzene rings is 1. The number of nitrogens with one attached hydrogen (secondary N) is 1. The zero-order valence-corrected chi connectivity index (χ0v) is 8.92. The molecule has 0 aliphatic heterocycles. The number of phenols is 1. The third-order valence-corrected chi connectivity index (χ3v) is 2.14. The van der Waals surface area contributed by atoms with E-state index >= 15 is 0 Å². The third kappa shape index (κ3) is 2.72. The topological polar surface area (TPSA) is 88.2 Å². The van der Waals surface area contributed by atoms with Gasteiger partial charge in [0.05, 0.1) is 11.9 Å². The molecule has 1 heterocycles. The first-order chi connectivity index (χ1) is 8.15. The minimum Gasteiger partial charge on any atom is -0.508 e. The van der Waals surface area contributed by atoms with Crippen molar-refractivity contribution in [3.8, 4) is 5.75 Å². The lowest BCUT2D eigenvalue weighted by molar-refractivity contribution is 0.102. The number of nitrogens with two attached hydrogens (primary N) is 1. The summed E-state index contributed by atoms with van der Waals surface area (Å²) in [5, 5.41) is 11.8. The van der Waals surface area contributed by atoms with E-state index in [1.165, 1.54) is 18.3 Å². The van der Waals surface area contributed by atoms with Crippen LogP contribution in [0.3, 0.4) is 0 Å². The minimum atomic E-state index is -0.323. The average molecular weight is 229 g/mol. The predicted octanol–water partition coefficient (Wildman–Crippen LogP) is 1.62. The van der Waals surface area contributed by atoms with Gasteiger partial charge in [-0.15, -0.1) is 0 Å². The highest BCUT2D eigenvalue weighted by atomic mass is 16.3. The summed E-state index contributed by atoms with van der Waals surface area (Å²) in [5.41, 5.74) is 6.85. The Morgan fingerprint density at radius 2 is 1.88 bits per heavy atom. The highest BCUT2D eigenvalue weighted by Gasteiger charge is 2.06. The third-order valence-electron chi connectivity index (χ3n) is 2.14. The predicted molar refractivity (Wildman–Crippen MR) is 64.7 cm³/mol. The first kappa shape index (κ1) is 10.9. The molecule has 1 amide bonds. The number of carbonyl (C=O) groups is 1. The van der Waals surface area contributed by atoms with E-state index in [1.54, 1.807) is 24.3 Å². The molecule has 0 atom stereocenters. The van der Waals surface area contributed by atoms with Gasteiger partial charge in [-0.3, -0.25) is 4.79 Å². The van der Waals surface area contributed by atoms with Crippen molar-refractivity contribution in [3.63, 3.8) is 0 Å². The largest absolute Gasteiger partial charge is 0.508 e. The Labute approximate surface area is 97.9 Å². The quantitative estimate of drug-likeness (QED) is 0.683. The molecule has 0 bridgehead atoms. The van der Waals surface area contributed by atoms with E-state index in [9.17, 15) is 4.79 Å². The molecule has 1 aromatic carbocycles. The standard InChI is InChI=1S/C12H11N3O2/c13-8-1-6-11(14-7-8)12(17)15-9-2-4-10(16)5-3-9/h1-7,16H,13H2,(H,15,17). The summed E-state index contributed by atoms with van der Waals surface area (Å²) in [5.74, 6) is -0.177. The maximum absolute atomic E-state index is 11.7. The second-order valence-corrected chi connectivity index (χ2v) is 3.48. The molecular weight excluding hydrogens is 218 g/mol. The number of anilines is 2. The molecule has 0 spiro atoms. The molecule has 0 aliphatic carbocycles. The van der Waals surface area contributed by atoms with Crippen molar-refractivity contribution >= 4 is 17.3 Å². The average Bonchev–Trinajstić information content (AvgIpc) is 2.33. The maximum atomic E-state index is 11.7. The molecule has 0 aliphatic rings. The van der Waals surface area contributed by atoms with E-state index in [0.717, 1.165) is 0 Å². The number of rotatable bonds is 2. The lowest BCUT2D eigenvalue weighted by Gasteiger charge is -2.04. The van der Waals surface area contributed by atoms with Crippen molar-refractivity contribution < 1.29 is 9.90 Å². The van der Waals surface area contributed by atoms with Crippen LogP contribution >= 0.6 is 0 Å². The van der Waals surface area contributed by atoms with E-state index in [-0.39, 0.29) is 17.4 Å². The Balaban J connectivity index is 2.11. The Morgan fingerprint density at radius 3 is 2.47 bits per heavy atom. The van der Waals surface area contributed by atoms with Crippen LogP contribution in [0.5, 0.6) is 5.75 Å². The first-order valence-electron chi connectivity index (χ1n) is 4.97. The second-order valence-electron chi connectivity index (χ2n) is 3.48. The highest BCUT2D eigenvalue weighted by molar-refractivity contribution is 6.02. The summed E-state index contributed by atoms with van der Waals surface area (Å²) in [6.07, 6.45) is 1.42. The zero-order valence-electron chi connectivity index (χ0n) is 8.92. The van der Waals surface area contributed by atoms with Gasteiger partial charge in [0.2, 0.25) is 0 Å². The number of nitrogen functional groups attached to an aromatic ring is 1. The fourth-order valence-electron chi connectivity index (χ4n) is 1.28. The monoisotopic (exact) mass is 229 g/mol. The van der Waals surface area contributed by atoms with E-state index in [4.69, 9.17) is 10.8 Å². The van der Waals surface area contributed by atoms with Crippen LogP contribution in [0.1, 0.15) is 10.5 Å². The van der Waals surface area contributed by atoms with Gasteiger partial charge < -0.3 is 16.2 Å². The molecule has 0 radical (unpaired) electrons. The molecule has 2 aromatic rings. The van der Waals surface area contributed by atoms with Crippen molar-refractivity contribution in [2.45, 2.75) is 0 Å². The van der Waals surface area contributed by atoms with Gasteiger partial charge in [-0.1, -0.05) is 0 Å². The summed E-state index contributed by atoms with van der Waals surface area (Å²) in [6, 6.07) is 9.34. The molecule has 4 N–H and O–H groups in total. The fourth-order valence-corrected chi connectivity index (χ4v) is 1.28. The lowest BCUT2D eigenvalue weighted by atomic mass is 10.2. The van der Waals surface area contributed by atoms with Gasteiger partial charge in [-0.2, -0.15) is 0 Å². The molecule has 0 unspecified atom stereocenters. The number of hydrogen-bond acceptors (Lipinski definition) is 4. The van der Waals surface area contributed by atoms with Crippen LogP contribution in [-0.2, 0) is 0 Å². The molecule has 0 saturated heterocycles. The van der Waals surface area contributed by atoms with Crippen LogP contribution < -0.4 is 11.1 Å². The van der Waals surface area contributed by atoms with E-state index in [0.29, 0.717) is 11.4 Å². The molecule has 2 rings (SSSR count). The first-order valence-corrected chi connectivity index (χ1v) is 4.97. The minimum absolute atomic E-state index is 0.147. The van der Waals surface area contributed by atoms with Gasteiger partial charge in [-0.25, -0.2) is 4.98 Å². The van der Waals surface area contributed by atoms with E-state index < -0.39 is 0 Å². The van der Waals surface area contributed by atoms with Crippen LogP contribution in [0.15, 0.2) is 42.6 Å². The van der Waals surface area contributed by atoms with Crippen molar-refractivity contribution in [2.24, 2.45) is 0 Å². The van der Waals surface area contributed by atoms with Gasteiger partial charge in [0.15, 0.2) is 0 Å². The summed E-state index contributed by atoms with van der Waals surface area (Å²) in [6.45, 7) is 0. The highest BCUT2D eigenvalue weighted by Crippen LogP contribution is 2.14. The van der Waals surface area contributed by atoms with Crippen molar-refractivity contribution in [1.82, 2.24) is 4.98 Å². The van der Waals surface area contributed by atoms with Crippen LogP contribution in [0.4, 0.5) is 11.4 Å². The molecule has 5 nitrogen and oxygen atoms in total. The number of nitrogens with zero attached hydrogens (tertiary/aromatic N) is 1. The van der Waals surface area contributed by atoms with Crippen LogP contribution in [-0.4, -0.2) is 16.0 Å². The van der Waals surface area contributed by atoms with Gasteiger partial charge in [0.25, 0.3) is 5.91 Å². The lowest BCUT2D eigenvalue weighted by Crippen LogP contribution is -2.13. The van der Waals surface area contributed by atoms with Crippen LogP contribution in [0.2, 0.25) is 0 Å². The van der Waals surface area contributed by atoms with Crippen molar-refractivity contribution in [3.05, 3.63) is 48.3 Å². The molecule has 0 fully saturated rings. The molecular formula is C12H11N3O2. The van der Waals surface area contributed by atoms with Gasteiger partial charge in [-0.05, 0) is 36.4 Å². The molecule has 5 heteroatoms. The SMILES string of the molecule is Nc1ccc(C(=O)Nc2ccc(O)cc2)nc1. The molecule has 0 saturated carbocycles. The van der Waals surface area contributed by atoms with Crippen molar-refractivity contribution in [1.29, 1.82) is 0 Å². The fraction of sp³-hybridized carbons (Fsp3) is 0. The molecule has 17 heavy (non-hydrogen) atoms. The number of phenolic OH excluding ortho intramolecular Hbond substituents is 1. The summed E-state index contributed by atoms with van der Waals surface area (Å²) in [7, 11) is 0. The van der Waals surface area contributed by atoms with Gasteiger partial charge in [0, 0.05) is 5.69 Å². The Kier molecular flexibility index (Phi) is 2.91. The summed E-state index contributed by atoms with van der Waals surface area (Å²) in [4.78, 5) is 15.6. The number of aromatic nitrogens is 1. The van der Waals surface area contributed by atoms with E-state index in [2.05, 4.69) is 10.3 Å². The number of pyridine rings is 1. The maximum Gasteiger partial charge on any atom is 0.274 e. The Bertz CT molecular complexity index is 520. The number of hydrogen-bond donors (Lipinski definition) is 3. The number of amides is 1. The van der Waals surface area contributed by atoms with Crippen molar-refractivity contribution in [2.75, 3.05) is 11.1 Å². The van der Waals surface area contributed by atoms with Crippen LogP contribution in [0, 0.1) is 0 Å². The molecule has 1 aromatic heterocycles. The van der Waals surface area contributed by atoms with E-state index in [1.807, 2.05) is 0 Å². The second kappa shape index (κ2) is 4.52.